The molecule has 4 rings (SSSR count). The van der Waals surface area contributed by atoms with Gasteiger partial charge in [0.05, 0.1) is 6.61 Å². The van der Waals surface area contributed by atoms with Crippen molar-refractivity contribution in [1.82, 2.24) is 0 Å². The zero-order chi connectivity index (χ0) is 14.7. The molecule has 3 saturated heterocycles. The second-order valence-electron chi connectivity index (χ2n) is 6.21. The highest BCUT2D eigenvalue weighted by atomic mass is 16.8. The third-order valence-electron chi connectivity index (χ3n) is 4.58. The standard InChI is InChI=1S/C15H19BO5/c1-7-4-8(2)11(9(3)5-7)16-20-13-10-6-18-15(19-10)14(21-16)12(13)17/h4-5,10,12-15,17H,6H2,1-3H3/t10-,12+,13?,14?,15-/m1/s1. The molecule has 21 heavy (non-hydrogen) atoms. The Morgan fingerprint density at radius 1 is 1.10 bits per heavy atom. The van der Waals surface area contributed by atoms with Crippen LogP contribution in [0.3, 0.4) is 0 Å². The first kappa shape index (κ1) is 13.7. The van der Waals surface area contributed by atoms with E-state index in [1.54, 1.807) is 0 Å². The maximum absolute atomic E-state index is 10.3. The summed E-state index contributed by atoms with van der Waals surface area (Å²) in [6.07, 6.45) is -2.28. The summed E-state index contributed by atoms with van der Waals surface area (Å²) in [6, 6.07) is 4.24. The van der Waals surface area contributed by atoms with E-state index in [0.29, 0.717) is 6.61 Å². The van der Waals surface area contributed by atoms with Crippen LogP contribution in [-0.2, 0) is 18.8 Å². The van der Waals surface area contributed by atoms with Crippen LogP contribution in [0.5, 0.6) is 0 Å². The first-order chi connectivity index (χ1) is 10.0. The SMILES string of the molecule is Cc1cc(C)c(B2OC3[C@@H]4OC[C@@H](O4)C(O2)[C@@H]3O)c(C)c1. The van der Waals surface area contributed by atoms with E-state index in [2.05, 4.69) is 32.9 Å². The Hall–Kier alpha value is -0.915. The molecule has 5 atom stereocenters. The molecule has 0 amide bonds. The van der Waals surface area contributed by atoms with Gasteiger partial charge >= 0.3 is 7.12 Å². The molecule has 0 aromatic heterocycles. The molecule has 2 unspecified atom stereocenters. The monoisotopic (exact) mass is 290 g/mol. The van der Waals surface area contributed by atoms with Gasteiger partial charge in [-0.05, 0) is 26.2 Å². The van der Waals surface area contributed by atoms with Crippen molar-refractivity contribution in [2.24, 2.45) is 0 Å². The van der Waals surface area contributed by atoms with Gasteiger partial charge in [0.25, 0.3) is 0 Å². The predicted octanol–water partition coefficient (Wildman–Crippen LogP) is 0.207. The van der Waals surface area contributed by atoms with Crippen molar-refractivity contribution in [2.75, 3.05) is 6.61 Å². The fraction of sp³-hybridized carbons (Fsp3) is 0.600. The summed E-state index contributed by atoms with van der Waals surface area (Å²) < 4.78 is 23.2. The molecule has 5 nitrogen and oxygen atoms in total. The lowest BCUT2D eigenvalue weighted by atomic mass is 9.70. The van der Waals surface area contributed by atoms with Gasteiger partial charge in [-0.15, -0.1) is 0 Å². The van der Waals surface area contributed by atoms with Gasteiger partial charge < -0.3 is 23.9 Å². The van der Waals surface area contributed by atoms with Gasteiger partial charge in [-0.1, -0.05) is 28.8 Å². The molecule has 1 N–H and O–H groups in total. The second kappa shape index (κ2) is 4.79. The zero-order valence-electron chi connectivity index (χ0n) is 12.4. The van der Waals surface area contributed by atoms with Gasteiger partial charge in [0.2, 0.25) is 0 Å². The van der Waals surface area contributed by atoms with E-state index in [0.717, 1.165) is 16.6 Å². The van der Waals surface area contributed by atoms with Crippen LogP contribution in [0.2, 0.25) is 0 Å². The summed E-state index contributed by atoms with van der Waals surface area (Å²) in [4.78, 5) is 0. The molecule has 0 aliphatic carbocycles. The van der Waals surface area contributed by atoms with E-state index in [9.17, 15) is 5.11 Å². The molecule has 3 fully saturated rings. The van der Waals surface area contributed by atoms with Gasteiger partial charge in [0.1, 0.15) is 24.4 Å². The van der Waals surface area contributed by atoms with E-state index in [1.807, 2.05) is 0 Å². The highest BCUT2D eigenvalue weighted by molar-refractivity contribution is 6.62. The molecular weight excluding hydrogens is 271 g/mol. The van der Waals surface area contributed by atoms with E-state index in [-0.39, 0.29) is 6.10 Å². The molecule has 3 aliphatic rings. The number of ether oxygens (including phenoxy) is 2. The van der Waals surface area contributed by atoms with Crippen LogP contribution in [-0.4, -0.2) is 49.5 Å². The molecule has 6 heteroatoms. The summed E-state index contributed by atoms with van der Waals surface area (Å²) in [5, 5.41) is 10.3. The van der Waals surface area contributed by atoms with Gasteiger partial charge in [-0.3, -0.25) is 0 Å². The normalized spacial score (nSPS) is 37.9. The zero-order valence-corrected chi connectivity index (χ0v) is 12.4. The van der Waals surface area contributed by atoms with Gasteiger partial charge in [0.15, 0.2) is 6.29 Å². The summed E-state index contributed by atoms with van der Waals surface area (Å²) >= 11 is 0. The highest BCUT2D eigenvalue weighted by Gasteiger charge is 2.57. The Morgan fingerprint density at radius 3 is 2.48 bits per heavy atom. The maximum Gasteiger partial charge on any atom is 0.495 e. The summed E-state index contributed by atoms with van der Waals surface area (Å²) in [7, 11) is -0.473. The highest BCUT2D eigenvalue weighted by Crippen LogP contribution is 2.35. The van der Waals surface area contributed by atoms with Crippen molar-refractivity contribution >= 4 is 12.6 Å². The fourth-order valence-corrected chi connectivity index (χ4v) is 3.68. The molecule has 1 aromatic carbocycles. The first-order valence-electron chi connectivity index (χ1n) is 7.38. The quantitative estimate of drug-likeness (QED) is 0.749. The van der Waals surface area contributed by atoms with Crippen molar-refractivity contribution in [1.29, 1.82) is 0 Å². The molecule has 0 radical (unpaired) electrons. The molecule has 0 saturated carbocycles. The lowest BCUT2D eigenvalue weighted by molar-refractivity contribution is -0.243. The van der Waals surface area contributed by atoms with Gasteiger partial charge in [0, 0.05) is 0 Å². The Morgan fingerprint density at radius 2 is 1.76 bits per heavy atom. The van der Waals surface area contributed by atoms with E-state index >= 15 is 0 Å². The molecule has 0 spiro atoms. The number of aryl methyl sites for hydroxylation is 3. The number of aliphatic hydroxyl groups is 1. The van der Waals surface area contributed by atoms with Gasteiger partial charge in [-0.25, -0.2) is 0 Å². The molecule has 112 valence electrons. The van der Waals surface area contributed by atoms with Crippen LogP contribution in [0.25, 0.3) is 0 Å². The Balaban J connectivity index is 1.70. The summed E-state index contributed by atoms with van der Waals surface area (Å²) in [5.74, 6) is 0. The first-order valence-corrected chi connectivity index (χ1v) is 7.38. The summed E-state index contributed by atoms with van der Waals surface area (Å²) in [6.45, 7) is 6.65. The molecular formula is C15H19BO5. The van der Waals surface area contributed by atoms with Crippen LogP contribution < -0.4 is 5.46 Å². The van der Waals surface area contributed by atoms with E-state index < -0.39 is 31.7 Å². The van der Waals surface area contributed by atoms with E-state index in [1.165, 1.54) is 5.56 Å². The minimum atomic E-state index is -0.696. The fourth-order valence-electron chi connectivity index (χ4n) is 3.68. The van der Waals surface area contributed by atoms with Crippen molar-refractivity contribution in [3.8, 4) is 0 Å². The van der Waals surface area contributed by atoms with Crippen LogP contribution in [0.15, 0.2) is 12.1 Å². The number of aliphatic hydroxyl groups excluding tert-OH is 1. The molecule has 1 aromatic rings. The van der Waals surface area contributed by atoms with Crippen molar-refractivity contribution in [2.45, 2.75) is 51.5 Å². The molecule has 4 bridgehead atoms. The Labute approximate surface area is 124 Å². The third kappa shape index (κ3) is 2.05. The lowest BCUT2D eigenvalue weighted by Gasteiger charge is -2.44. The van der Waals surface area contributed by atoms with Crippen LogP contribution in [0.4, 0.5) is 0 Å². The van der Waals surface area contributed by atoms with Crippen LogP contribution in [0, 0.1) is 20.8 Å². The van der Waals surface area contributed by atoms with Gasteiger partial charge in [-0.2, -0.15) is 0 Å². The number of rotatable bonds is 1. The summed E-state index contributed by atoms with van der Waals surface area (Å²) in [5.41, 5.74) is 4.54. The lowest BCUT2D eigenvalue weighted by Crippen LogP contribution is -2.65. The van der Waals surface area contributed by atoms with Crippen molar-refractivity contribution in [3.63, 3.8) is 0 Å². The van der Waals surface area contributed by atoms with Crippen LogP contribution in [0.1, 0.15) is 16.7 Å². The largest absolute Gasteiger partial charge is 0.495 e. The van der Waals surface area contributed by atoms with E-state index in [4.69, 9.17) is 18.8 Å². The predicted molar refractivity (Wildman–Crippen MR) is 76.4 cm³/mol. The van der Waals surface area contributed by atoms with Crippen molar-refractivity contribution < 1.29 is 23.9 Å². The number of hydrogen-bond donors (Lipinski definition) is 1. The Kier molecular flexibility index (Phi) is 3.13. The maximum atomic E-state index is 10.3. The third-order valence-corrected chi connectivity index (χ3v) is 4.58. The number of benzene rings is 1. The average Bonchev–Trinajstić information content (AvgIpc) is 2.84. The number of fused-ring (bicyclic) bond motifs is 6. The topological polar surface area (TPSA) is 57.2 Å². The minimum Gasteiger partial charge on any atom is -0.399 e. The number of hydrogen-bond acceptors (Lipinski definition) is 5. The average molecular weight is 290 g/mol. The second-order valence-corrected chi connectivity index (χ2v) is 6.21. The molecule has 3 aliphatic heterocycles. The molecule has 3 heterocycles. The van der Waals surface area contributed by atoms with Crippen LogP contribution >= 0.6 is 0 Å². The van der Waals surface area contributed by atoms with Crippen molar-refractivity contribution in [3.05, 3.63) is 28.8 Å². The Bertz CT molecular complexity index is 534. The minimum absolute atomic E-state index is 0.210. The smallest absolute Gasteiger partial charge is 0.399 e.